The van der Waals surface area contributed by atoms with E-state index in [1.165, 1.54) is 17.2 Å². The molecule has 4 rings (SSSR count). The van der Waals surface area contributed by atoms with Crippen LogP contribution in [0.2, 0.25) is 0 Å². The molecule has 1 aliphatic rings. The number of alkyl halides is 1. The average Bonchev–Trinajstić information content (AvgIpc) is 3.29. The van der Waals surface area contributed by atoms with Crippen molar-refractivity contribution in [2.24, 2.45) is 0 Å². The highest BCUT2D eigenvalue weighted by molar-refractivity contribution is 5.93. The van der Waals surface area contributed by atoms with E-state index in [0.717, 1.165) is 5.56 Å². The number of hydrogen-bond donors (Lipinski definition) is 2. The van der Waals surface area contributed by atoms with E-state index >= 15 is 0 Å². The summed E-state index contributed by atoms with van der Waals surface area (Å²) < 4.78 is 33.7. The standard InChI is InChI=1S/C18H18FN5O4/c1-10-14(25)12(19)17(28-10)24-9-22-13-15(20-8-21-16(13)24)23-18(26)27-7-11-5-3-2-4-6-11/h2-6,8-10,12,14,17,25H,7H2,1H3,(H,20,21,23,26)/i1D. The Balaban J connectivity index is 1.51. The first kappa shape index (κ1) is 17.0. The summed E-state index contributed by atoms with van der Waals surface area (Å²) in [7, 11) is 0. The van der Waals surface area contributed by atoms with E-state index in [4.69, 9.17) is 10.8 Å². The highest BCUT2D eigenvalue weighted by atomic mass is 19.1. The second kappa shape index (κ2) is 7.49. The summed E-state index contributed by atoms with van der Waals surface area (Å²) in [5, 5.41) is 12.4. The number of nitrogens with zero attached hydrogens (tertiary/aromatic N) is 4. The van der Waals surface area contributed by atoms with Crippen LogP contribution in [0.4, 0.5) is 15.0 Å². The summed E-state index contributed by atoms with van der Waals surface area (Å²) in [5.41, 5.74) is 1.25. The Morgan fingerprint density at radius 2 is 2.21 bits per heavy atom. The van der Waals surface area contributed by atoms with Gasteiger partial charge in [-0.05, 0) is 12.5 Å². The third-order valence-corrected chi connectivity index (χ3v) is 4.36. The Bertz CT molecular complexity index is 1000. The number of benzene rings is 1. The minimum Gasteiger partial charge on any atom is -0.444 e. The Kier molecular flexibility index (Phi) is 4.55. The molecular weight excluding hydrogens is 369 g/mol. The fraction of sp³-hybridized carbons (Fsp3) is 0.333. The molecule has 10 heteroatoms. The maximum atomic E-state index is 14.4. The zero-order valence-corrected chi connectivity index (χ0v) is 14.6. The van der Waals surface area contributed by atoms with Crippen LogP contribution in [0.5, 0.6) is 0 Å². The van der Waals surface area contributed by atoms with Gasteiger partial charge < -0.3 is 14.6 Å². The largest absolute Gasteiger partial charge is 0.444 e. The lowest BCUT2D eigenvalue weighted by Crippen LogP contribution is -2.26. The zero-order valence-electron chi connectivity index (χ0n) is 15.6. The van der Waals surface area contributed by atoms with Gasteiger partial charge in [0.05, 0.1) is 12.4 Å². The first-order valence-electron chi connectivity index (χ1n) is 9.21. The lowest BCUT2D eigenvalue weighted by molar-refractivity contribution is -0.0137. The van der Waals surface area contributed by atoms with Gasteiger partial charge in [-0.3, -0.25) is 9.88 Å². The van der Waals surface area contributed by atoms with E-state index in [0.29, 0.717) is 0 Å². The van der Waals surface area contributed by atoms with Crippen molar-refractivity contribution < 1.29 is 25.1 Å². The Labute approximate surface area is 160 Å². The van der Waals surface area contributed by atoms with Gasteiger partial charge in [-0.15, -0.1) is 0 Å². The molecule has 3 heterocycles. The summed E-state index contributed by atoms with van der Waals surface area (Å²) in [6.45, 7) is -0.194. The molecule has 1 amide bonds. The van der Waals surface area contributed by atoms with Crippen molar-refractivity contribution in [1.82, 2.24) is 19.5 Å². The number of hydrogen-bond acceptors (Lipinski definition) is 7. The summed E-state index contributed by atoms with van der Waals surface area (Å²) in [5.74, 6) is 0.0952. The number of halogens is 1. The molecule has 9 nitrogen and oxygen atoms in total. The lowest BCUT2D eigenvalue weighted by Gasteiger charge is -2.14. The summed E-state index contributed by atoms with van der Waals surface area (Å²) in [4.78, 5) is 24.3. The summed E-state index contributed by atoms with van der Waals surface area (Å²) in [6.07, 6.45) is -3.54. The van der Waals surface area contributed by atoms with E-state index < -0.39 is 30.7 Å². The molecule has 0 saturated carbocycles. The normalized spacial score (nSPS) is 24.9. The van der Waals surface area contributed by atoms with Crippen LogP contribution in [-0.2, 0) is 16.1 Å². The van der Waals surface area contributed by atoms with Gasteiger partial charge >= 0.3 is 6.09 Å². The molecule has 3 aromatic rings. The van der Waals surface area contributed by atoms with Gasteiger partial charge in [0, 0.05) is 1.37 Å². The third kappa shape index (κ3) is 3.39. The van der Waals surface area contributed by atoms with Crippen LogP contribution in [0.25, 0.3) is 11.2 Å². The zero-order chi connectivity index (χ0) is 20.4. The van der Waals surface area contributed by atoms with Crippen LogP contribution in [0, 0.1) is 0 Å². The predicted octanol–water partition coefficient (Wildman–Crippen LogP) is 2.19. The Morgan fingerprint density at radius 1 is 1.39 bits per heavy atom. The molecule has 0 radical (unpaired) electrons. The van der Waals surface area contributed by atoms with Crippen molar-refractivity contribution in [3.8, 4) is 0 Å². The van der Waals surface area contributed by atoms with Crippen molar-refractivity contribution in [3.05, 3.63) is 48.5 Å². The highest BCUT2D eigenvalue weighted by Gasteiger charge is 2.43. The lowest BCUT2D eigenvalue weighted by atomic mass is 10.2. The molecule has 0 aliphatic carbocycles. The van der Waals surface area contributed by atoms with E-state index in [1.807, 2.05) is 30.3 Å². The number of nitrogens with one attached hydrogen (secondary N) is 1. The average molecular weight is 388 g/mol. The highest BCUT2D eigenvalue weighted by Crippen LogP contribution is 2.33. The fourth-order valence-electron chi connectivity index (χ4n) is 2.91. The Morgan fingerprint density at radius 3 is 2.96 bits per heavy atom. The number of imidazole rings is 1. The van der Waals surface area contributed by atoms with Crippen molar-refractivity contribution in [2.75, 3.05) is 5.32 Å². The van der Waals surface area contributed by atoms with Gasteiger partial charge in [-0.2, -0.15) is 0 Å². The molecule has 4 atom stereocenters. The van der Waals surface area contributed by atoms with Crippen LogP contribution >= 0.6 is 0 Å². The molecule has 146 valence electrons. The van der Waals surface area contributed by atoms with Crippen molar-refractivity contribution in [3.63, 3.8) is 0 Å². The van der Waals surface area contributed by atoms with Gasteiger partial charge in [0.25, 0.3) is 0 Å². The number of ether oxygens (including phenoxy) is 2. The number of anilines is 1. The van der Waals surface area contributed by atoms with Gasteiger partial charge in [0.2, 0.25) is 0 Å². The minimum atomic E-state index is -1.75. The topological polar surface area (TPSA) is 111 Å². The Hall–Kier alpha value is -3.11. The molecule has 1 aromatic carbocycles. The van der Waals surface area contributed by atoms with Crippen molar-refractivity contribution >= 4 is 23.1 Å². The quantitative estimate of drug-likeness (QED) is 0.705. The van der Waals surface area contributed by atoms with Gasteiger partial charge in [0.15, 0.2) is 29.4 Å². The predicted molar refractivity (Wildman–Crippen MR) is 96.1 cm³/mol. The number of amides is 1. The third-order valence-electron chi connectivity index (χ3n) is 4.36. The maximum Gasteiger partial charge on any atom is 0.413 e. The molecule has 0 bridgehead atoms. The molecule has 1 fully saturated rings. The van der Waals surface area contributed by atoms with E-state index in [2.05, 4.69) is 20.3 Å². The fourth-order valence-corrected chi connectivity index (χ4v) is 2.91. The number of fused-ring (bicyclic) bond motifs is 1. The SMILES string of the molecule is [2H]CC1OC(n2cnc3c(NC(=O)OCc4ccccc4)ncnc32)C(F)C1O. The van der Waals surface area contributed by atoms with Crippen molar-refractivity contribution in [2.45, 2.75) is 38.1 Å². The van der Waals surface area contributed by atoms with Crippen molar-refractivity contribution in [1.29, 1.82) is 0 Å². The number of rotatable bonds is 4. The van der Waals surface area contributed by atoms with Crippen LogP contribution in [0.1, 0.15) is 20.1 Å². The molecule has 2 N–H and O–H groups in total. The second-order valence-corrected chi connectivity index (χ2v) is 6.23. The number of carbonyl (C=O) groups excluding carboxylic acids is 1. The smallest absolute Gasteiger partial charge is 0.413 e. The van der Waals surface area contributed by atoms with Crippen LogP contribution in [0.3, 0.4) is 0 Å². The summed E-state index contributed by atoms with van der Waals surface area (Å²) in [6, 6.07) is 9.18. The van der Waals surface area contributed by atoms with Gasteiger partial charge in [-0.25, -0.2) is 24.1 Å². The molecule has 4 unspecified atom stereocenters. The molecule has 2 aromatic heterocycles. The molecule has 1 aliphatic heterocycles. The van der Waals surface area contributed by atoms with Crippen LogP contribution < -0.4 is 5.32 Å². The molecule has 1 saturated heterocycles. The number of aromatic nitrogens is 4. The van der Waals surface area contributed by atoms with Gasteiger partial charge in [-0.1, -0.05) is 30.3 Å². The first-order chi connectivity index (χ1) is 14.1. The molecule has 28 heavy (non-hydrogen) atoms. The maximum absolute atomic E-state index is 14.4. The van der Waals surface area contributed by atoms with E-state index in [1.54, 1.807) is 0 Å². The van der Waals surface area contributed by atoms with Gasteiger partial charge in [0.1, 0.15) is 19.0 Å². The monoisotopic (exact) mass is 388 g/mol. The number of carbonyl (C=O) groups is 1. The second-order valence-electron chi connectivity index (χ2n) is 6.23. The summed E-state index contributed by atoms with van der Waals surface area (Å²) >= 11 is 0. The van der Waals surface area contributed by atoms with E-state index in [9.17, 15) is 14.3 Å². The minimum absolute atomic E-state index is 0.0845. The number of aliphatic hydroxyl groups excluding tert-OH is 1. The molecular formula is C18H18FN5O4. The van der Waals surface area contributed by atoms with Crippen LogP contribution in [-0.4, -0.2) is 49.1 Å². The van der Waals surface area contributed by atoms with E-state index in [-0.39, 0.29) is 30.5 Å². The molecule has 0 spiro atoms. The van der Waals surface area contributed by atoms with Crippen LogP contribution in [0.15, 0.2) is 43.0 Å². The first-order valence-corrected chi connectivity index (χ1v) is 8.50. The number of aliphatic hydroxyl groups is 1.